The molecule has 0 bridgehead atoms. The van der Waals surface area contributed by atoms with Gasteiger partial charge in [-0.15, -0.1) is 0 Å². The van der Waals surface area contributed by atoms with Crippen LogP contribution in [-0.4, -0.2) is 36.2 Å². The highest BCUT2D eigenvalue weighted by atomic mass is 16.5. The minimum atomic E-state index is -0.528. The van der Waals surface area contributed by atoms with E-state index in [9.17, 15) is 4.79 Å². The van der Waals surface area contributed by atoms with E-state index in [1.807, 2.05) is 18.2 Å². The lowest BCUT2D eigenvalue weighted by Gasteiger charge is -2.31. The van der Waals surface area contributed by atoms with E-state index in [2.05, 4.69) is 15.6 Å². The van der Waals surface area contributed by atoms with Crippen LogP contribution in [0.1, 0.15) is 16.8 Å². The number of carbonyl (C=O) groups is 1. The molecule has 3 rings (SSSR count). The molecule has 1 aromatic carbocycles. The Morgan fingerprint density at radius 1 is 1.17 bits per heavy atom. The van der Waals surface area contributed by atoms with Crippen molar-refractivity contribution in [2.75, 3.05) is 29.6 Å². The number of rotatable bonds is 5. The maximum absolute atomic E-state index is 11.2. The molecule has 0 aliphatic carbocycles. The molecule has 0 radical (unpaired) electrons. The van der Waals surface area contributed by atoms with E-state index in [1.54, 1.807) is 24.4 Å². The SMILES string of the molecule is NC(=O)c1ccc(NC2COCC(Nc3ccccn3)C2)cc1N. The van der Waals surface area contributed by atoms with Crippen molar-refractivity contribution < 1.29 is 9.53 Å². The lowest BCUT2D eigenvalue weighted by molar-refractivity contribution is 0.0784. The number of nitrogens with one attached hydrogen (secondary N) is 2. The summed E-state index contributed by atoms with van der Waals surface area (Å²) >= 11 is 0. The first-order valence-corrected chi connectivity index (χ1v) is 7.83. The van der Waals surface area contributed by atoms with Gasteiger partial charge in [0.05, 0.1) is 30.9 Å². The molecule has 2 heterocycles. The first kappa shape index (κ1) is 16.1. The van der Waals surface area contributed by atoms with Crippen LogP contribution in [0.2, 0.25) is 0 Å². The van der Waals surface area contributed by atoms with Crippen LogP contribution in [0, 0.1) is 0 Å². The number of amides is 1. The van der Waals surface area contributed by atoms with E-state index >= 15 is 0 Å². The maximum atomic E-state index is 11.2. The van der Waals surface area contributed by atoms with Crippen LogP contribution >= 0.6 is 0 Å². The van der Waals surface area contributed by atoms with Crippen molar-refractivity contribution in [1.82, 2.24) is 4.98 Å². The molecule has 2 atom stereocenters. The Bertz CT molecular complexity index is 707. The van der Waals surface area contributed by atoms with E-state index in [0.29, 0.717) is 24.5 Å². The van der Waals surface area contributed by atoms with Gasteiger partial charge in [0, 0.05) is 17.6 Å². The fraction of sp³-hybridized carbons (Fsp3) is 0.294. The van der Waals surface area contributed by atoms with E-state index in [-0.39, 0.29) is 12.1 Å². The van der Waals surface area contributed by atoms with Gasteiger partial charge in [0.2, 0.25) is 0 Å². The van der Waals surface area contributed by atoms with Crippen LogP contribution in [0.15, 0.2) is 42.6 Å². The van der Waals surface area contributed by atoms with Gasteiger partial charge in [-0.25, -0.2) is 4.98 Å². The number of ether oxygens (including phenoxy) is 1. The van der Waals surface area contributed by atoms with Crippen molar-refractivity contribution in [3.05, 3.63) is 48.2 Å². The summed E-state index contributed by atoms with van der Waals surface area (Å²) in [5, 5.41) is 6.76. The summed E-state index contributed by atoms with van der Waals surface area (Å²) in [5.74, 6) is 0.307. The number of nitrogen functional groups attached to an aromatic ring is 1. The molecule has 0 saturated carbocycles. The van der Waals surface area contributed by atoms with Gasteiger partial charge in [0.1, 0.15) is 5.82 Å². The van der Waals surface area contributed by atoms with E-state index < -0.39 is 5.91 Å². The number of primary amides is 1. The normalized spacial score (nSPS) is 20.3. The molecule has 24 heavy (non-hydrogen) atoms. The van der Waals surface area contributed by atoms with E-state index in [0.717, 1.165) is 17.9 Å². The van der Waals surface area contributed by atoms with Gasteiger partial charge >= 0.3 is 0 Å². The number of benzene rings is 1. The van der Waals surface area contributed by atoms with Crippen LogP contribution in [0.5, 0.6) is 0 Å². The average molecular weight is 327 g/mol. The monoisotopic (exact) mass is 327 g/mol. The number of hydrogen-bond acceptors (Lipinski definition) is 6. The van der Waals surface area contributed by atoms with Crippen molar-refractivity contribution in [2.24, 2.45) is 5.73 Å². The van der Waals surface area contributed by atoms with E-state index in [1.165, 1.54) is 0 Å². The quantitative estimate of drug-likeness (QED) is 0.618. The number of carbonyl (C=O) groups excluding carboxylic acids is 1. The Kier molecular flexibility index (Phi) is 4.81. The highest BCUT2D eigenvalue weighted by molar-refractivity contribution is 5.98. The summed E-state index contributed by atoms with van der Waals surface area (Å²) in [6.07, 6.45) is 2.64. The van der Waals surface area contributed by atoms with Gasteiger partial charge in [-0.2, -0.15) is 0 Å². The van der Waals surface area contributed by atoms with Crippen LogP contribution in [0.3, 0.4) is 0 Å². The number of anilines is 3. The van der Waals surface area contributed by atoms with Crippen LogP contribution in [0.25, 0.3) is 0 Å². The highest BCUT2D eigenvalue weighted by Crippen LogP contribution is 2.21. The van der Waals surface area contributed by atoms with Crippen molar-refractivity contribution in [1.29, 1.82) is 0 Å². The Balaban J connectivity index is 1.61. The maximum Gasteiger partial charge on any atom is 0.250 e. The van der Waals surface area contributed by atoms with Crippen molar-refractivity contribution in [3.63, 3.8) is 0 Å². The van der Waals surface area contributed by atoms with Gasteiger partial charge in [0.25, 0.3) is 5.91 Å². The van der Waals surface area contributed by atoms with Gasteiger partial charge in [-0.05, 0) is 36.8 Å². The molecule has 2 unspecified atom stereocenters. The molecule has 1 fully saturated rings. The third-order valence-electron chi connectivity index (χ3n) is 3.91. The van der Waals surface area contributed by atoms with Crippen molar-refractivity contribution in [3.8, 4) is 0 Å². The lowest BCUT2D eigenvalue weighted by Crippen LogP contribution is -2.41. The fourth-order valence-electron chi connectivity index (χ4n) is 2.80. The second kappa shape index (κ2) is 7.18. The Morgan fingerprint density at radius 2 is 1.96 bits per heavy atom. The van der Waals surface area contributed by atoms with Crippen LogP contribution < -0.4 is 22.1 Å². The summed E-state index contributed by atoms with van der Waals surface area (Å²) < 4.78 is 5.67. The number of aromatic nitrogens is 1. The minimum Gasteiger partial charge on any atom is -0.398 e. The van der Waals surface area contributed by atoms with Gasteiger partial charge < -0.3 is 26.8 Å². The molecule has 2 aromatic rings. The molecule has 0 spiro atoms. The molecule has 1 saturated heterocycles. The zero-order valence-electron chi connectivity index (χ0n) is 13.2. The molecular weight excluding hydrogens is 306 g/mol. The zero-order valence-corrected chi connectivity index (χ0v) is 13.2. The fourth-order valence-corrected chi connectivity index (χ4v) is 2.80. The molecule has 1 aliphatic heterocycles. The average Bonchev–Trinajstić information content (AvgIpc) is 2.56. The summed E-state index contributed by atoms with van der Waals surface area (Å²) in [6.45, 7) is 1.25. The highest BCUT2D eigenvalue weighted by Gasteiger charge is 2.23. The van der Waals surface area contributed by atoms with Crippen LogP contribution in [0.4, 0.5) is 17.2 Å². The van der Waals surface area contributed by atoms with Gasteiger partial charge in [0.15, 0.2) is 0 Å². The molecule has 126 valence electrons. The number of pyridine rings is 1. The third kappa shape index (κ3) is 3.94. The van der Waals surface area contributed by atoms with E-state index in [4.69, 9.17) is 16.2 Å². The summed E-state index contributed by atoms with van der Waals surface area (Å²) in [7, 11) is 0. The molecule has 1 aliphatic rings. The first-order valence-electron chi connectivity index (χ1n) is 7.83. The summed E-state index contributed by atoms with van der Waals surface area (Å²) in [5.41, 5.74) is 12.7. The summed E-state index contributed by atoms with van der Waals surface area (Å²) in [4.78, 5) is 15.5. The third-order valence-corrected chi connectivity index (χ3v) is 3.91. The Labute approximate surface area is 140 Å². The zero-order chi connectivity index (χ0) is 16.9. The predicted octanol–water partition coefficient (Wildman–Crippen LogP) is 1.44. The molecule has 1 aromatic heterocycles. The van der Waals surface area contributed by atoms with Crippen molar-refractivity contribution >= 4 is 23.1 Å². The molecular formula is C17H21N5O2. The molecule has 7 nitrogen and oxygen atoms in total. The predicted molar refractivity (Wildman–Crippen MR) is 93.9 cm³/mol. The second-order valence-corrected chi connectivity index (χ2v) is 5.84. The minimum absolute atomic E-state index is 0.138. The molecule has 1 amide bonds. The largest absolute Gasteiger partial charge is 0.398 e. The van der Waals surface area contributed by atoms with Crippen LogP contribution in [-0.2, 0) is 4.74 Å². The smallest absolute Gasteiger partial charge is 0.250 e. The van der Waals surface area contributed by atoms with Gasteiger partial charge in [-0.1, -0.05) is 6.07 Å². The molecule has 7 heteroatoms. The second-order valence-electron chi connectivity index (χ2n) is 5.84. The number of nitrogens with zero attached hydrogens (tertiary/aromatic N) is 1. The molecule has 6 N–H and O–H groups in total. The summed E-state index contributed by atoms with van der Waals surface area (Å²) in [6, 6.07) is 11.2. The number of hydrogen-bond donors (Lipinski definition) is 4. The Morgan fingerprint density at radius 3 is 2.62 bits per heavy atom. The first-order chi connectivity index (χ1) is 11.6. The number of nitrogens with two attached hydrogens (primary N) is 2. The lowest BCUT2D eigenvalue weighted by atomic mass is 10.0. The van der Waals surface area contributed by atoms with Crippen molar-refractivity contribution in [2.45, 2.75) is 18.5 Å². The standard InChI is InChI=1S/C17H21N5O2/c18-15-8-11(4-5-14(15)17(19)23)21-12-7-13(10-24-9-12)22-16-3-1-2-6-20-16/h1-6,8,12-13,21H,7,9-10,18H2,(H2,19,23)(H,20,22). The van der Waals surface area contributed by atoms with Gasteiger partial charge in [-0.3, -0.25) is 4.79 Å². The topological polar surface area (TPSA) is 115 Å². The Hall–Kier alpha value is -2.80.